The molecule has 0 aliphatic heterocycles. The number of hydrogen-bond acceptors (Lipinski definition) is 6. The van der Waals surface area contributed by atoms with Crippen LogP contribution in [0.2, 0.25) is 0 Å². The fourth-order valence-corrected chi connectivity index (χ4v) is 3.27. The molecule has 2 aromatic rings. The van der Waals surface area contributed by atoms with Gasteiger partial charge < -0.3 is 25.1 Å². The lowest BCUT2D eigenvalue weighted by Gasteiger charge is -2.16. The average Bonchev–Trinajstić information content (AvgIpc) is 3.02. The first-order valence-corrected chi connectivity index (χ1v) is 9.11. The van der Waals surface area contributed by atoms with Crippen molar-refractivity contribution in [3.63, 3.8) is 0 Å². The monoisotopic (exact) mass is 371 g/mol. The van der Waals surface area contributed by atoms with Crippen molar-refractivity contribution in [1.29, 1.82) is 0 Å². The minimum Gasteiger partial charge on any atom is -0.463 e. The molecule has 6 heteroatoms. The van der Waals surface area contributed by atoms with Gasteiger partial charge in [-0.05, 0) is 22.3 Å². The van der Waals surface area contributed by atoms with E-state index in [0.29, 0.717) is 19.8 Å². The predicted molar refractivity (Wildman–Crippen MR) is 101 cm³/mol. The number of ether oxygens (including phenoxy) is 3. The summed E-state index contributed by atoms with van der Waals surface area (Å²) in [6.07, 6.45) is -1.31. The maximum atomic E-state index is 12.1. The van der Waals surface area contributed by atoms with Crippen LogP contribution in [-0.2, 0) is 19.0 Å². The normalized spacial score (nSPS) is 13.9. The first-order valence-electron chi connectivity index (χ1n) is 9.11. The third kappa shape index (κ3) is 4.73. The van der Waals surface area contributed by atoms with E-state index in [1.54, 1.807) is 0 Å². The lowest BCUT2D eigenvalue weighted by molar-refractivity contribution is -0.157. The molecule has 0 aromatic heterocycles. The third-order valence-corrected chi connectivity index (χ3v) is 4.54. The molecule has 0 fully saturated rings. The molecule has 0 amide bonds. The maximum Gasteiger partial charge on any atom is 0.337 e. The van der Waals surface area contributed by atoms with Crippen LogP contribution in [0.3, 0.4) is 0 Å². The van der Waals surface area contributed by atoms with Crippen molar-refractivity contribution < 1.29 is 24.1 Å². The topological polar surface area (TPSA) is 91.0 Å². The molecular formula is C21H25NO5. The van der Waals surface area contributed by atoms with Gasteiger partial charge in [0.2, 0.25) is 0 Å². The maximum absolute atomic E-state index is 12.1. The van der Waals surface area contributed by atoms with E-state index in [9.17, 15) is 9.90 Å². The van der Waals surface area contributed by atoms with Crippen molar-refractivity contribution in [1.82, 2.24) is 0 Å². The quantitative estimate of drug-likeness (QED) is 0.488. The molecule has 3 rings (SSSR count). The molecule has 0 saturated carbocycles. The van der Waals surface area contributed by atoms with E-state index in [1.165, 1.54) is 0 Å². The summed E-state index contributed by atoms with van der Waals surface area (Å²) in [5, 5.41) is 9.92. The molecule has 1 aliphatic rings. The van der Waals surface area contributed by atoms with E-state index in [-0.39, 0.29) is 25.7 Å². The Balaban J connectivity index is 1.52. The summed E-state index contributed by atoms with van der Waals surface area (Å²) < 4.78 is 15.8. The molecule has 0 heterocycles. The van der Waals surface area contributed by atoms with Crippen LogP contribution in [0.1, 0.15) is 17.0 Å². The number of rotatable bonds is 10. The van der Waals surface area contributed by atoms with Crippen molar-refractivity contribution in [3.05, 3.63) is 59.7 Å². The Kier molecular flexibility index (Phi) is 6.95. The summed E-state index contributed by atoms with van der Waals surface area (Å²) in [7, 11) is 0. The standard InChI is InChI=1S/C21H25NO5/c22-9-10-25-11-12-26-14-20(23)21(24)27-13-19-17-7-3-1-5-15(17)16-6-2-4-8-18(16)19/h1-8,19-20,23H,9-14,22H2/t20-/m1/s1. The number of fused-ring (bicyclic) bond motifs is 3. The number of nitrogens with two attached hydrogens (primary N) is 1. The molecular weight excluding hydrogens is 346 g/mol. The predicted octanol–water partition coefficient (Wildman–Crippen LogP) is 1.69. The molecule has 0 saturated heterocycles. The average molecular weight is 371 g/mol. The van der Waals surface area contributed by atoms with Crippen LogP contribution in [0, 0.1) is 0 Å². The highest BCUT2D eigenvalue weighted by Gasteiger charge is 2.29. The van der Waals surface area contributed by atoms with E-state index in [2.05, 4.69) is 24.3 Å². The molecule has 27 heavy (non-hydrogen) atoms. The van der Waals surface area contributed by atoms with Crippen LogP contribution in [0.4, 0.5) is 0 Å². The number of aliphatic hydroxyl groups excluding tert-OH is 1. The van der Waals surface area contributed by atoms with Gasteiger partial charge in [0.15, 0.2) is 6.10 Å². The molecule has 0 radical (unpaired) electrons. The highest BCUT2D eigenvalue weighted by molar-refractivity contribution is 5.79. The zero-order valence-electron chi connectivity index (χ0n) is 15.2. The van der Waals surface area contributed by atoms with Crippen molar-refractivity contribution in [3.8, 4) is 11.1 Å². The molecule has 0 unspecified atom stereocenters. The van der Waals surface area contributed by atoms with E-state index >= 15 is 0 Å². The summed E-state index contributed by atoms with van der Waals surface area (Å²) in [4.78, 5) is 12.1. The van der Waals surface area contributed by atoms with Gasteiger partial charge in [-0.1, -0.05) is 48.5 Å². The van der Waals surface area contributed by atoms with Gasteiger partial charge in [-0.2, -0.15) is 0 Å². The van der Waals surface area contributed by atoms with Gasteiger partial charge in [-0.3, -0.25) is 0 Å². The van der Waals surface area contributed by atoms with Gasteiger partial charge >= 0.3 is 5.97 Å². The molecule has 1 aliphatic carbocycles. The Morgan fingerprint density at radius 3 is 2.19 bits per heavy atom. The summed E-state index contributed by atoms with van der Waals surface area (Å²) in [6, 6.07) is 16.2. The molecule has 2 aromatic carbocycles. The Bertz CT molecular complexity index is 718. The van der Waals surface area contributed by atoms with Crippen LogP contribution in [-0.4, -0.2) is 56.8 Å². The van der Waals surface area contributed by atoms with Crippen molar-refractivity contribution in [2.75, 3.05) is 39.6 Å². The Hall–Kier alpha value is -2.25. The minimum atomic E-state index is -1.31. The smallest absolute Gasteiger partial charge is 0.337 e. The molecule has 0 spiro atoms. The summed E-state index contributed by atoms with van der Waals surface area (Å²) >= 11 is 0. The van der Waals surface area contributed by atoms with Crippen LogP contribution in [0.25, 0.3) is 11.1 Å². The fourth-order valence-electron chi connectivity index (χ4n) is 3.27. The number of carbonyl (C=O) groups excluding carboxylic acids is 1. The van der Waals surface area contributed by atoms with Crippen LogP contribution in [0.15, 0.2) is 48.5 Å². The minimum absolute atomic E-state index is 0.0286. The number of benzene rings is 2. The molecule has 144 valence electrons. The van der Waals surface area contributed by atoms with Crippen molar-refractivity contribution >= 4 is 5.97 Å². The zero-order valence-corrected chi connectivity index (χ0v) is 15.2. The summed E-state index contributed by atoms with van der Waals surface area (Å²) in [6.45, 7) is 1.62. The molecule has 1 atom stereocenters. The SMILES string of the molecule is NCCOCCOC[C@@H](O)C(=O)OCC1c2ccccc2-c2ccccc21. The van der Waals surface area contributed by atoms with Crippen LogP contribution < -0.4 is 5.73 Å². The van der Waals surface area contributed by atoms with Gasteiger partial charge in [-0.15, -0.1) is 0 Å². The van der Waals surface area contributed by atoms with Crippen LogP contribution >= 0.6 is 0 Å². The second-order valence-electron chi connectivity index (χ2n) is 6.35. The Morgan fingerprint density at radius 1 is 0.963 bits per heavy atom. The highest BCUT2D eigenvalue weighted by Crippen LogP contribution is 2.44. The molecule has 3 N–H and O–H groups in total. The summed E-state index contributed by atoms with van der Waals surface area (Å²) in [5.41, 5.74) is 9.90. The Labute approximate surface area is 158 Å². The lowest BCUT2D eigenvalue weighted by Crippen LogP contribution is -2.30. The van der Waals surface area contributed by atoms with E-state index < -0.39 is 12.1 Å². The van der Waals surface area contributed by atoms with Gasteiger partial charge in [-0.25, -0.2) is 4.79 Å². The molecule has 6 nitrogen and oxygen atoms in total. The number of carbonyl (C=O) groups is 1. The van der Waals surface area contributed by atoms with Gasteiger partial charge in [0.25, 0.3) is 0 Å². The largest absolute Gasteiger partial charge is 0.463 e. The zero-order chi connectivity index (χ0) is 19.1. The Morgan fingerprint density at radius 2 is 1.56 bits per heavy atom. The van der Waals surface area contributed by atoms with E-state index in [1.807, 2.05) is 24.3 Å². The molecule has 0 bridgehead atoms. The van der Waals surface area contributed by atoms with E-state index in [4.69, 9.17) is 19.9 Å². The fraction of sp³-hybridized carbons (Fsp3) is 0.381. The second kappa shape index (κ2) is 9.62. The first kappa shape index (κ1) is 19.5. The highest BCUT2D eigenvalue weighted by atomic mass is 16.6. The van der Waals surface area contributed by atoms with Gasteiger partial charge in [0.05, 0.1) is 26.4 Å². The second-order valence-corrected chi connectivity index (χ2v) is 6.35. The van der Waals surface area contributed by atoms with Gasteiger partial charge in [0.1, 0.15) is 6.61 Å². The van der Waals surface area contributed by atoms with Gasteiger partial charge in [0, 0.05) is 12.5 Å². The number of aliphatic hydroxyl groups is 1. The van der Waals surface area contributed by atoms with Crippen LogP contribution in [0.5, 0.6) is 0 Å². The lowest BCUT2D eigenvalue weighted by atomic mass is 9.98. The number of hydrogen-bond donors (Lipinski definition) is 2. The van der Waals surface area contributed by atoms with E-state index in [0.717, 1.165) is 22.3 Å². The third-order valence-electron chi connectivity index (χ3n) is 4.54. The summed E-state index contributed by atoms with van der Waals surface area (Å²) in [5.74, 6) is -0.709. The first-order chi connectivity index (χ1) is 13.2. The van der Waals surface area contributed by atoms with Crippen molar-refractivity contribution in [2.45, 2.75) is 12.0 Å². The van der Waals surface area contributed by atoms with Crippen molar-refractivity contribution in [2.24, 2.45) is 5.73 Å². The number of esters is 1.